The van der Waals surface area contributed by atoms with E-state index in [1.165, 1.54) is 0 Å². The molecule has 0 bridgehead atoms. The highest BCUT2D eigenvalue weighted by Gasteiger charge is 2.27. The number of anilines is 1. The number of benzene rings is 1. The summed E-state index contributed by atoms with van der Waals surface area (Å²) in [6, 6.07) is 10.4. The van der Waals surface area contributed by atoms with E-state index in [1.807, 2.05) is 0 Å². The maximum Gasteiger partial charge on any atom is 0.253 e. The van der Waals surface area contributed by atoms with Crippen LogP contribution in [0.5, 0.6) is 0 Å². The number of halogens is 1. The Bertz CT molecular complexity index is 711. The van der Waals surface area contributed by atoms with Gasteiger partial charge in [-0.05, 0) is 49.2 Å². The van der Waals surface area contributed by atoms with E-state index in [0.29, 0.717) is 36.5 Å². The number of amides is 2. The zero-order chi connectivity index (χ0) is 16.9. The lowest BCUT2D eigenvalue weighted by atomic mass is 9.95. The molecule has 1 aromatic heterocycles. The van der Waals surface area contributed by atoms with Crippen molar-refractivity contribution in [2.75, 3.05) is 18.4 Å². The quantitative estimate of drug-likeness (QED) is 0.930. The highest BCUT2D eigenvalue weighted by atomic mass is 35.5. The second kappa shape index (κ2) is 7.45. The summed E-state index contributed by atoms with van der Waals surface area (Å²) >= 11 is 5.85. The molecule has 2 aromatic rings. The molecule has 1 N–H and O–H groups in total. The van der Waals surface area contributed by atoms with Gasteiger partial charge in [-0.1, -0.05) is 11.6 Å². The second-order valence-electron chi connectivity index (χ2n) is 5.80. The summed E-state index contributed by atoms with van der Waals surface area (Å²) in [5.74, 6) is -0.0908. The lowest BCUT2D eigenvalue weighted by Gasteiger charge is -2.31. The molecule has 2 amide bonds. The van der Waals surface area contributed by atoms with E-state index >= 15 is 0 Å². The predicted molar refractivity (Wildman–Crippen MR) is 92.9 cm³/mol. The van der Waals surface area contributed by atoms with Gasteiger partial charge in [-0.15, -0.1) is 0 Å². The Morgan fingerprint density at radius 1 is 1.04 bits per heavy atom. The maximum absolute atomic E-state index is 12.5. The summed E-state index contributed by atoms with van der Waals surface area (Å²) in [5, 5.41) is 3.51. The van der Waals surface area contributed by atoms with Crippen LogP contribution in [0.15, 0.2) is 48.8 Å². The summed E-state index contributed by atoms with van der Waals surface area (Å²) < 4.78 is 0. The molecule has 6 heteroatoms. The Kier molecular flexibility index (Phi) is 5.11. The number of pyridine rings is 1. The highest BCUT2D eigenvalue weighted by molar-refractivity contribution is 6.30. The summed E-state index contributed by atoms with van der Waals surface area (Å²) in [6.45, 7) is 1.16. The molecule has 0 unspecified atom stereocenters. The van der Waals surface area contributed by atoms with E-state index in [2.05, 4.69) is 10.3 Å². The molecular formula is C18H18ClN3O2. The maximum atomic E-state index is 12.5. The number of nitrogens with one attached hydrogen (secondary N) is 1. The third-order valence-corrected chi connectivity index (χ3v) is 4.44. The topological polar surface area (TPSA) is 62.3 Å². The first-order valence-electron chi connectivity index (χ1n) is 7.89. The number of carbonyl (C=O) groups excluding carboxylic acids is 2. The van der Waals surface area contributed by atoms with E-state index in [9.17, 15) is 9.59 Å². The number of likely N-dealkylation sites (tertiary alicyclic amines) is 1. The van der Waals surface area contributed by atoms with Crippen LogP contribution in [-0.2, 0) is 4.79 Å². The fourth-order valence-corrected chi connectivity index (χ4v) is 2.93. The van der Waals surface area contributed by atoms with Crippen molar-refractivity contribution in [3.05, 3.63) is 59.4 Å². The molecule has 1 aliphatic heterocycles. The predicted octanol–water partition coefficient (Wildman–Crippen LogP) is 3.23. The standard InChI is InChI=1S/C18H18ClN3O2/c19-15-3-1-14(2-4-15)18(24)22-11-7-13(8-12-22)17(23)21-16-5-9-20-10-6-16/h1-6,9-10,13H,7-8,11-12H2,(H,20,21,23). The van der Waals surface area contributed by atoms with Crippen LogP contribution >= 0.6 is 11.6 Å². The minimum Gasteiger partial charge on any atom is -0.339 e. The number of nitrogens with zero attached hydrogens (tertiary/aromatic N) is 2. The number of rotatable bonds is 3. The summed E-state index contributed by atoms with van der Waals surface area (Å²) in [6.07, 6.45) is 4.61. The molecule has 1 fully saturated rings. The zero-order valence-corrected chi connectivity index (χ0v) is 13.9. The fraction of sp³-hybridized carbons (Fsp3) is 0.278. The van der Waals surface area contributed by atoms with Crippen molar-refractivity contribution in [1.82, 2.24) is 9.88 Å². The first kappa shape index (κ1) is 16.5. The van der Waals surface area contributed by atoms with Crippen LogP contribution in [-0.4, -0.2) is 34.8 Å². The number of hydrogen-bond donors (Lipinski definition) is 1. The van der Waals surface area contributed by atoms with Gasteiger partial charge in [-0.2, -0.15) is 0 Å². The second-order valence-corrected chi connectivity index (χ2v) is 6.23. The number of carbonyl (C=O) groups is 2. The number of aromatic nitrogens is 1. The fourth-order valence-electron chi connectivity index (χ4n) is 2.80. The molecular weight excluding hydrogens is 326 g/mol. The molecule has 0 spiro atoms. The van der Waals surface area contributed by atoms with E-state index in [0.717, 1.165) is 5.69 Å². The zero-order valence-electron chi connectivity index (χ0n) is 13.1. The van der Waals surface area contributed by atoms with E-state index < -0.39 is 0 Å². The van der Waals surface area contributed by atoms with Crippen LogP contribution in [0.3, 0.4) is 0 Å². The number of piperidine rings is 1. The van der Waals surface area contributed by atoms with Gasteiger partial charge >= 0.3 is 0 Å². The van der Waals surface area contributed by atoms with Gasteiger partial charge < -0.3 is 10.2 Å². The molecule has 0 aliphatic carbocycles. The minimum atomic E-state index is -0.0765. The first-order valence-corrected chi connectivity index (χ1v) is 8.27. The van der Waals surface area contributed by atoms with E-state index in [1.54, 1.807) is 53.7 Å². The van der Waals surface area contributed by atoms with Gasteiger partial charge in [0.1, 0.15) is 0 Å². The van der Waals surface area contributed by atoms with Crippen molar-refractivity contribution in [2.24, 2.45) is 5.92 Å². The Balaban J connectivity index is 1.54. The van der Waals surface area contributed by atoms with Gasteiger partial charge in [-0.3, -0.25) is 14.6 Å². The molecule has 0 radical (unpaired) electrons. The smallest absolute Gasteiger partial charge is 0.253 e. The van der Waals surface area contributed by atoms with Crippen molar-refractivity contribution in [3.8, 4) is 0 Å². The Morgan fingerprint density at radius 3 is 2.29 bits per heavy atom. The summed E-state index contributed by atoms with van der Waals surface area (Å²) in [7, 11) is 0. The van der Waals surface area contributed by atoms with Gasteiger partial charge in [0.05, 0.1) is 0 Å². The van der Waals surface area contributed by atoms with Gasteiger partial charge in [0.25, 0.3) is 5.91 Å². The number of hydrogen-bond acceptors (Lipinski definition) is 3. The summed E-state index contributed by atoms with van der Waals surface area (Å²) in [5.41, 5.74) is 1.37. The highest BCUT2D eigenvalue weighted by Crippen LogP contribution is 2.21. The minimum absolute atomic E-state index is 0.000193. The van der Waals surface area contributed by atoms with Crippen molar-refractivity contribution in [2.45, 2.75) is 12.8 Å². The molecule has 1 saturated heterocycles. The third kappa shape index (κ3) is 3.92. The van der Waals surface area contributed by atoms with Crippen LogP contribution in [0.25, 0.3) is 0 Å². The third-order valence-electron chi connectivity index (χ3n) is 4.19. The molecule has 124 valence electrons. The average molecular weight is 344 g/mol. The molecule has 2 heterocycles. The van der Waals surface area contributed by atoms with E-state index in [-0.39, 0.29) is 17.7 Å². The normalized spacial score (nSPS) is 15.1. The molecule has 0 atom stereocenters. The first-order chi connectivity index (χ1) is 11.6. The molecule has 0 saturated carbocycles. The Hall–Kier alpha value is -2.40. The largest absolute Gasteiger partial charge is 0.339 e. The van der Waals surface area contributed by atoms with Crippen LogP contribution in [0.1, 0.15) is 23.2 Å². The Labute approximate surface area is 145 Å². The van der Waals surface area contributed by atoms with Crippen molar-refractivity contribution >= 4 is 29.1 Å². The molecule has 3 rings (SSSR count). The van der Waals surface area contributed by atoms with Crippen molar-refractivity contribution in [1.29, 1.82) is 0 Å². The monoisotopic (exact) mass is 343 g/mol. The average Bonchev–Trinajstić information content (AvgIpc) is 2.63. The van der Waals surface area contributed by atoms with Crippen LogP contribution in [0, 0.1) is 5.92 Å². The van der Waals surface area contributed by atoms with Crippen LogP contribution < -0.4 is 5.32 Å². The van der Waals surface area contributed by atoms with E-state index in [4.69, 9.17) is 11.6 Å². The molecule has 24 heavy (non-hydrogen) atoms. The van der Waals surface area contributed by atoms with Crippen LogP contribution in [0.2, 0.25) is 5.02 Å². The molecule has 1 aromatic carbocycles. The lowest BCUT2D eigenvalue weighted by molar-refractivity contribution is -0.121. The summed E-state index contributed by atoms with van der Waals surface area (Å²) in [4.78, 5) is 30.5. The van der Waals surface area contributed by atoms with Gasteiger partial charge in [0.15, 0.2) is 0 Å². The van der Waals surface area contributed by atoms with Gasteiger partial charge in [0, 0.05) is 47.7 Å². The van der Waals surface area contributed by atoms with Gasteiger partial charge in [-0.25, -0.2) is 0 Å². The van der Waals surface area contributed by atoms with Gasteiger partial charge in [0.2, 0.25) is 5.91 Å². The Morgan fingerprint density at radius 2 is 1.67 bits per heavy atom. The molecule has 1 aliphatic rings. The molecule has 5 nitrogen and oxygen atoms in total. The van der Waals surface area contributed by atoms with Crippen molar-refractivity contribution in [3.63, 3.8) is 0 Å². The lowest BCUT2D eigenvalue weighted by Crippen LogP contribution is -2.41. The SMILES string of the molecule is O=C(Nc1ccncc1)C1CCN(C(=O)c2ccc(Cl)cc2)CC1. The van der Waals surface area contributed by atoms with Crippen LogP contribution in [0.4, 0.5) is 5.69 Å². The van der Waals surface area contributed by atoms with Crippen molar-refractivity contribution < 1.29 is 9.59 Å².